The van der Waals surface area contributed by atoms with E-state index in [0.29, 0.717) is 0 Å². The Labute approximate surface area is 129 Å². The van der Waals surface area contributed by atoms with Crippen LogP contribution in [0.15, 0.2) is 36.4 Å². The minimum atomic E-state index is -1.29. The molecule has 0 bridgehead atoms. The standard InChI is InChI=1S/C16H21NO5/c1-10-14(19)16(21)15(20)12(22-10)9-17-13(18)8-7-11-5-3-2-4-6-11/h2-8,10,12,14-16,19-21H,9H2,1H3,(H,17,18)/b8-7+/t10-,12+,14+,15+,16+/m0/s1. The van der Waals surface area contributed by atoms with Crippen LogP contribution in [-0.4, -0.2) is 58.3 Å². The minimum absolute atomic E-state index is 0.0489. The van der Waals surface area contributed by atoms with Gasteiger partial charge in [-0.25, -0.2) is 0 Å². The van der Waals surface area contributed by atoms with Crippen LogP contribution in [0, 0.1) is 0 Å². The lowest BCUT2D eigenvalue weighted by Crippen LogP contribution is -2.59. The van der Waals surface area contributed by atoms with Gasteiger partial charge in [0, 0.05) is 12.6 Å². The molecule has 2 rings (SSSR count). The molecule has 1 aliphatic heterocycles. The fraction of sp³-hybridized carbons (Fsp3) is 0.438. The molecule has 1 aliphatic rings. The average molecular weight is 307 g/mol. The van der Waals surface area contributed by atoms with Crippen LogP contribution in [0.5, 0.6) is 0 Å². The van der Waals surface area contributed by atoms with Gasteiger partial charge in [0.15, 0.2) is 0 Å². The summed E-state index contributed by atoms with van der Waals surface area (Å²) in [6.45, 7) is 1.65. The third-order valence-corrected chi connectivity index (χ3v) is 3.66. The van der Waals surface area contributed by atoms with E-state index < -0.39 is 30.5 Å². The smallest absolute Gasteiger partial charge is 0.244 e. The van der Waals surface area contributed by atoms with Gasteiger partial charge in [0.1, 0.15) is 24.4 Å². The van der Waals surface area contributed by atoms with E-state index in [4.69, 9.17) is 4.74 Å². The number of nitrogens with one attached hydrogen (secondary N) is 1. The number of carbonyl (C=O) groups is 1. The van der Waals surface area contributed by atoms with E-state index in [9.17, 15) is 20.1 Å². The summed E-state index contributed by atoms with van der Waals surface area (Å²) in [6.07, 6.45) is -1.98. The van der Waals surface area contributed by atoms with Gasteiger partial charge in [-0.15, -0.1) is 0 Å². The Balaban J connectivity index is 1.84. The molecule has 1 aromatic rings. The molecule has 1 heterocycles. The molecule has 1 fully saturated rings. The maximum absolute atomic E-state index is 11.7. The van der Waals surface area contributed by atoms with E-state index in [-0.39, 0.29) is 12.5 Å². The molecule has 1 aromatic carbocycles. The quantitative estimate of drug-likeness (QED) is 0.572. The highest BCUT2D eigenvalue weighted by molar-refractivity contribution is 5.91. The number of carbonyl (C=O) groups excluding carboxylic acids is 1. The molecule has 120 valence electrons. The van der Waals surface area contributed by atoms with Gasteiger partial charge in [0.05, 0.1) is 6.10 Å². The molecule has 0 aliphatic carbocycles. The Morgan fingerprint density at radius 3 is 2.55 bits per heavy atom. The Morgan fingerprint density at radius 2 is 1.86 bits per heavy atom. The Morgan fingerprint density at radius 1 is 1.18 bits per heavy atom. The number of aliphatic hydroxyl groups is 3. The third kappa shape index (κ3) is 4.14. The number of rotatable bonds is 4. The Kier molecular flexibility index (Phi) is 5.68. The van der Waals surface area contributed by atoms with Gasteiger partial charge in [-0.05, 0) is 18.6 Å². The van der Waals surface area contributed by atoms with Crippen molar-refractivity contribution in [1.29, 1.82) is 0 Å². The summed E-state index contributed by atoms with van der Waals surface area (Å²) in [5.41, 5.74) is 0.902. The van der Waals surface area contributed by atoms with Crippen molar-refractivity contribution >= 4 is 12.0 Å². The van der Waals surface area contributed by atoms with E-state index in [2.05, 4.69) is 5.32 Å². The summed E-state index contributed by atoms with van der Waals surface area (Å²) in [5, 5.41) is 31.7. The first kappa shape index (κ1) is 16.6. The molecule has 0 radical (unpaired) electrons. The van der Waals surface area contributed by atoms with E-state index in [1.807, 2.05) is 30.3 Å². The fourth-order valence-corrected chi connectivity index (χ4v) is 2.30. The first-order valence-corrected chi connectivity index (χ1v) is 7.19. The van der Waals surface area contributed by atoms with Crippen molar-refractivity contribution in [3.63, 3.8) is 0 Å². The average Bonchev–Trinajstić information content (AvgIpc) is 2.54. The SMILES string of the molecule is C[C@@H]1O[C@H](CNC(=O)/C=C/c2ccccc2)[C@@H](O)[C@H](O)[C@@H]1O. The first-order valence-electron chi connectivity index (χ1n) is 7.19. The fourth-order valence-electron chi connectivity index (χ4n) is 2.30. The van der Waals surface area contributed by atoms with Crippen LogP contribution in [0.3, 0.4) is 0 Å². The van der Waals surface area contributed by atoms with Gasteiger partial charge in [-0.1, -0.05) is 30.3 Å². The number of hydrogen-bond donors (Lipinski definition) is 4. The molecular weight excluding hydrogens is 286 g/mol. The lowest BCUT2D eigenvalue weighted by molar-refractivity contribution is -0.215. The van der Waals surface area contributed by atoms with Crippen molar-refractivity contribution in [2.24, 2.45) is 0 Å². The van der Waals surface area contributed by atoms with Gasteiger partial charge < -0.3 is 25.4 Å². The van der Waals surface area contributed by atoms with Crippen molar-refractivity contribution in [3.05, 3.63) is 42.0 Å². The second-order valence-corrected chi connectivity index (χ2v) is 5.34. The molecule has 0 unspecified atom stereocenters. The summed E-state index contributed by atoms with van der Waals surface area (Å²) in [4.78, 5) is 11.7. The predicted octanol–water partition coefficient (Wildman–Crippen LogP) is -0.314. The lowest BCUT2D eigenvalue weighted by atomic mass is 9.95. The van der Waals surface area contributed by atoms with Crippen LogP contribution in [-0.2, 0) is 9.53 Å². The number of amides is 1. The molecule has 1 amide bonds. The van der Waals surface area contributed by atoms with E-state index in [0.717, 1.165) is 5.56 Å². The topological polar surface area (TPSA) is 99.0 Å². The normalized spacial score (nSPS) is 32.1. The number of hydrogen-bond acceptors (Lipinski definition) is 5. The zero-order chi connectivity index (χ0) is 16.1. The molecule has 6 nitrogen and oxygen atoms in total. The minimum Gasteiger partial charge on any atom is -0.388 e. The highest BCUT2D eigenvalue weighted by Gasteiger charge is 2.41. The second-order valence-electron chi connectivity index (χ2n) is 5.34. The molecule has 0 aromatic heterocycles. The zero-order valence-electron chi connectivity index (χ0n) is 12.3. The van der Waals surface area contributed by atoms with E-state index >= 15 is 0 Å². The molecule has 5 atom stereocenters. The third-order valence-electron chi connectivity index (χ3n) is 3.66. The predicted molar refractivity (Wildman–Crippen MR) is 80.8 cm³/mol. The lowest BCUT2D eigenvalue weighted by Gasteiger charge is -2.39. The van der Waals surface area contributed by atoms with Gasteiger partial charge in [0.25, 0.3) is 0 Å². The Bertz CT molecular complexity index is 519. The zero-order valence-corrected chi connectivity index (χ0v) is 12.3. The Hall–Kier alpha value is -1.73. The number of aliphatic hydroxyl groups excluding tert-OH is 3. The van der Waals surface area contributed by atoms with Crippen molar-refractivity contribution in [1.82, 2.24) is 5.32 Å². The highest BCUT2D eigenvalue weighted by Crippen LogP contribution is 2.20. The van der Waals surface area contributed by atoms with E-state index in [1.54, 1.807) is 13.0 Å². The molecule has 0 saturated carbocycles. The maximum Gasteiger partial charge on any atom is 0.244 e. The van der Waals surface area contributed by atoms with Crippen LogP contribution in [0.4, 0.5) is 0 Å². The number of benzene rings is 1. The molecule has 6 heteroatoms. The van der Waals surface area contributed by atoms with Crippen LogP contribution < -0.4 is 5.32 Å². The van der Waals surface area contributed by atoms with Crippen LogP contribution in [0.25, 0.3) is 6.08 Å². The van der Waals surface area contributed by atoms with Crippen molar-refractivity contribution < 1.29 is 24.9 Å². The largest absolute Gasteiger partial charge is 0.388 e. The van der Waals surface area contributed by atoms with Crippen molar-refractivity contribution in [3.8, 4) is 0 Å². The van der Waals surface area contributed by atoms with E-state index in [1.165, 1.54) is 6.08 Å². The second kappa shape index (κ2) is 7.51. The molecule has 0 spiro atoms. The summed E-state index contributed by atoms with van der Waals surface area (Å²) < 4.78 is 5.40. The first-order chi connectivity index (χ1) is 10.5. The van der Waals surface area contributed by atoms with Gasteiger partial charge >= 0.3 is 0 Å². The van der Waals surface area contributed by atoms with Crippen molar-refractivity contribution in [2.45, 2.75) is 37.4 Å². The van der Waals surface area contributed by atoms with Crippen molar-refractivity contribution in [2.75, 3.05) is 6.54 Å². The molecule has 1 saturated heterocycles. The molecule has 22 heavy (non-hydrogen) atoms. The van der Waals surface area contributed by atoms with Gasteiger partial charge in [0.2, 0.25) is 5.91 Å². The summed E-state index contributed by atoms with van der Waals surface area (Å²) in [6, 6.07) is 9.38. The van der Waals surface area contributed by atoms with Gasteiger partial charge in [-0.3, -0.25) is 4.79 Å². The summed E-state index contributed by atoms with van der Waals surface area (Å²) in [5.74, 6) is -0.326. The maximum atomic E-state index is 11.7. The van der Waals surface area contributed by atoms with Crippen LogP contribution >= 0.6 is 0 Å². The van der Waals surface area contributed by atoms with Crippen LogP contribution in [0.1, 0.15) is 12.5 Å². The monoisotopic (exact) mass is 307 g/mol. The summed E-state index contributed by atoms with van der Waals surface area (Å²) in [7, 11) is 0. The summed E-state index contributed by atoms with van der Waals surface area (Å²) >= 11 is 0. The molecule has 4 N–H and O–H groups in total. The van der Waals surface area contributed by atoms with Crippen LogP contribution in [0.2, 0.25) is 0 Å². The molecular formula is C16H21NO5. The number of ether oxygens (including phenoxy) is 1. The van der Waals surface area contributed by atoms with Gasteiger partial charge in [-0.2, -0.15) is 0 Å². The highest BCUT2D eigenvalue weighted by atomic mass is 16.5.